The molecule has 2 rings (SSSR count). The largest absolute Gasteiger partial charge is 0.357 e. The summed E-state index contributed by atoms with van der Waals surface area (Å²) in [6.07, 6.45) is 1.02. The van der Waals surface area contributed by atoms with E-state index in [4.69, 9.17) is 4.99 Å². The molecular weight excluding hydrogens is 336 g/mol. The Balaban J connectivity index is 1.88. The van der Waals surface area contributed by atoms with Crippen molar-refractivity contribution in [1.29, 1.82) is 0 Å². The molecule has 0 aliphatic carbocycles. The number of rotatable bonds is 9. The number of aryl methyl sites for hydroxylation is 2. The summed E-state index contributed by atoms with van der Waals surface area (Å²) in [5.74, 6) is 1.97. The van der Waals surface area contributed by atoms with Gasteiger partial charge in [0.15, 0.2) is 5.96 Å². The molecule has 1 heterocycles. The van der Waals surface area contributed by atoms with Gasteiger partial charge in [0.1, 0.15) is 5.82 Å². The van der Waals surface area contributed by atoms with Crippen LogP contribution in [0.3, 0.4) is 0 Å². The van der Waals surface area contributed by atoms with Crippen LogP contribution in [0.5, 0.6) is 0 Å². The molecule has 0 radical (unpaired) electrons. The Morgan fingerprint density at radius 2 is 1.96 bits per heavy atom. The zero-order valence-corrected chi connectivity index (χ0v) is 17.8. The average Bonchev–Trinajstić information content (AvgIpc) is 2.90. The number of guanidine groups is 1. The lowest BCUT2D eigenvalue weighted by Crippen LogP contribution is -2.39. The fourth-order valence-electron chi connectivity index (χ4n) is 3.46. The average molecular weight is 373 g/mol. The molecular formula is C21H36N6. The molecule has 0 amide bonds. The van der Waals surface area contributed by atoms with Crippen molar-refractivity contribution in [3.8, 4) is 0 Å². The van der Waals surface area contributed by atoms with Crippen LogP contribution in [0.25, 0.3) is 11.0 Å². The van der Waals surface area contributed by atoms with Gasteiger partial charge in [0.05, 0.1) is 11.0 Å². The van der Waals surface area contributed by atoms with Crippen LogP contribution in [0.4, 0.5) is 0 Å². The van der Waals surface area contributed by atoms with Crippen LogP contribution in [0.1, 0.15) is 33.0 Å². The van der Waals surface area contributed by atoms with E-state index in [-0.39, 0.29) is 5.41 Å². The van der Waals surface area contributed by atoms with Gasteiger partial charge in [-0.3, -0.25) is 4.99 Å². The number of nitrogens with zero attached hydrogens (tertiary/aromatic N) is 4. The van der Waals surface area contributed by atoms with Crippen molar-refractivity contribution in [3.63, 3.8) is 0 Å². The van der Waals surface area contributed by atoms with E-state index in [1.807, 2.05) is 6.07 Å². The van der Waals surface area contributed by atoms with Gasteiger partial charge in [-0.1, -0.05) is 26.0 Å². The zero-order chi connectivity index (χ0) is 19.9. The molecule has 0 aliphatic heterocycles. The summed E-state index contributed by atoms with van der Waals surface area (Å²) in [6, 6.07) is 8.32. The minimum Gasteiger partial charge on any atom is -0.357 e. The Morgan fingerprint density at radius 3 is 2.67 bits per heavy atom. The summed E-state index contributed by atoms with van der Waals surface area (Å²) >= 11 is 0. The number of aliphatic imine (C=N–C) groups is 1. The lowest BCUT2D eigenvalue weighted by molar-refractivity contribution is 0.248. The molecule has 1 aromatic heterocycles. The number of hydrogen-bond acceptors (Lipinski definition) is 3. The predicted octanol–water partition coefficient (Wildman–Crippen LogP) is 2.88. The number of benzene rings is 1. The van der Waals surface area contributed by atoms with Gasteiger partial charge in [-0.25, -0.2) is 4.98 Å². The third-order valence-corrected chi connectivity index (χ3v) is 4.45. The molecule has 27 heavy (non-hydrogen) atoms. The first kappa shape index (κ1) is 21.2. The van der Waals surface area contributed by atoms with Gasteiger partial charge in [0, 0.05) is 32.7 Å². The van der Waals surface area contributed by atoms with Gasteiger partial charge in [-0.15, -0.1) is 0 Å². The van der Waals surface area contributed by atoms with Crippen LogP contribution in [0.2, 0.25) is 0 Å². The first-order valence-corrected chi connectivity index (χ1v) is 9.91. The van der Waals surface area contributed by atoms with Crippen molar-refractivity contribution in [1.82, 2.24) is 25.1 Å². The molecule has 0 saturated heterocycles. The fourth-order valence-corrected chi connectivity index (χ4v) is 3.46. The first-order valence-electron chi connectivity index (χ1n) is 9.91. The Bertz CT molecular complexity index is 744. The van der Waals surface area contributed by atoms with Crippen LogP contribution in [-0.2, 0) is 6.54 Å². The summed E-state index contributed by atoms with van der Waals surface area (Å²) in [5, 5.41) is 6.82. The Labute approximate surface area is 164 Å². The third-order valence-electron chi connectivity index (χ3n) is 4.45. The van der Waals surface area contributed by atoms with E-state index in [0.29, 0.717) is 0 Å². The Morgan fingerprint density at radius 1 is 1.22 bits per heavy atom. The summed E-state index contributed by atoms with van der Waals surface area (Å²) in [6.45, 7) is 13.2. The second kappa shape index (κ2) is 9.74. The highest BCUT2D eigenvalue weighted by Crippen LogP contribution is 2.16. The third kappa shape index (κ3) is 6.54. The van der Waals surface area contributed by atoms with Gasteiger partial charge >= 0.3 is 0 Å². The molecule has 2 N–H and O–H groups in total. The van der Waals surface area contributed by atoms with Crippen molar-refractivity contribution in [2.75, 3.05) is 40.3 Å². The molecule has 6 heteroatoms. The summed E-state index contributed by atoms with van der Waals surface area (Å²) in [7, 11) is 4.22. The van der Waals surface area contributed by atoms with Gasteiger partial charge in [0.25, 0.3) is 0 Å². The highest BCUT2D eigenvalue weighted by Gasteiger charge is 2.18. The molecule has 0 saturated carbocycles. The molecule has 6 nitrogen and oxygen atoms in total. The minimum atomic E-state index is 0.151. The number of imidazole rings is 1. The van der Waals surface area contributed by atoms with E-state index in [1.165, 1.54) is 5.52 Å². The molecule has 1 aromatic carbocycles. The van der Waals surface area contributed by atoms with Crippen molar-refractivity contribution in [2.45, 2.75) is 40.7 Å². The fraction of sp³-hybridized carbons (Fsp3) is 0.619. The van der Waals surface area contributed by atoms with E-state index >= 15 is 0 Å². The molecule has 0 fully saturated rings. The summed E-state index contributed by atoms with van der Waals surface area (Å²) in [4.78, 5) is 11.6. The van der Waals surface area contributed by atoms with Crippen LogP contribution in [0, 0.1) is 12.3 Å². The number of para-hydroxylation sites is 2. The quantitative estimate of drug-likeness (QED) is 0.404. The monoisotopic (exact) mass is 372 g/mol. The number of hydrogen-bond donors (Lipinski definition) is 2. The zero-order valence-electron chi connectivity index (χ0n) is 17.8. The van der Waals surface area contributed by atoms with Crippen molar-refractivity contribution in [2.24, 2.45) is 10.4 Å². The van der Waals surface area contributed by atoms with Crippen LogP contribution in [0.15, 0.2) is 29.3 Å². The molecule has 0 spiro atoms. The van der Waals surface area contributed by atoms with Crippen molar-refractivity contribution < 1.29 is 0 Å². The second-order valence-electron chi connectivity index (χ2n) is 8.18. The van der Waals surface area contributed by atoms with Crippen LogP contribution in [-0.4, -0.2) is 60.7 Å². The second-order valence-corrected chi connectivity index (χ2v) is 8.18. The Hall–Kier alpha value is -2.08. The maximum atomic E-state index is 4.79. The lowest BCUT2D eigenvalue weighted by Gasteiger charge is -2.26. The maximum Gasteiger partial charge on any atom is 0.191 e. The van der Waals surface area contributed by atoms with E-state index in [2.05, 4.69) is 85.1 Å². The van der Waals surface area contributed by atoms with Crippen molar-refractivity contribution >= 4 is 17.0 Å². The molecule has 150 valence electrons. The predicted molar refractivity (Wildman–Crippen MR) is 115 cm³/mol. The highest BCUT2D eigenvalue weighted by molar-refractivity contribution is 5.79. The molecule has 2 aromatic rings. The standard InChI is InChI=1S/C21H36N6/c1-7-22-20(24-15-21(3,4)16-26(5)6)23-13-10-14-27-17(2)25-18-11-8-9-12-19(18)27/h8-9,11-12H,7,10,13-16H2,1-6H3,(H2,22,23,24). The summed E-state index contributed by atoms with van der Waals surface area (Å²) < 4.78 is 2.29. The van der Waals surface area contributed by atoms with E-state index in [1.54, 1.807) is 0 Å². The van der Waals surface area contributed by atoms with E-state index in [9.17, 15) is 0 Å². The number of nitrogens with one attached hydrogen (secondary N) is 2. The van der Waals surface area contributed by atoms with Gasteiger partial charge in [-0.2, -0.15) is 0 Å². The number of fused-ring (bicyclic) bond motifs is 1. The molecule has 0 bridgehead atoms. The molecule has 0 aliphatic rings. The first-order chi connectivity index (χ1) is 12.8. The highest BCUT2D eigenvalue weighted by atomic mass is 15.2. The maximum absolute atomic E-state index is 4.79. The Kier molecular flexibility index (Phi) is 7.66. The summed E-state index contributed by atoms with van der Waals surface area (Å²) in [5.41, 5.74) is 2.43. The number of aromatic nitrogens is 2. The van der Waals surface area contributed by atoms with Gasteiger partial charge < -0.3 is 20.1 Å². The molecule has 0 unspecified atom stereocenters. The lowest BCUT2D eigenvalue weighted by atomic mass is 9.93. The SMILES string of the molecule is CCNC(=NCC(C)(C)CN(C)C)NCCCn1c(C)nc2ccccc21. The molecule has 0 atom stereocenters. The smallest absolute Gasteiger partial charge is 0.191 e. The van der Waals surface area contributed by atoms with Gasteiger partial charge in [0.2, 0.25) is 0 Å². The van der Waals surface area contributed by atoms with E-state index < -0.39 is 0 Å². The topological polar surface area (TPSA) is 57.5 Å². The normalized spacial score (nSPS) is 12.8. The van der Waals surface area contributed by atoms with E-state index in [0.717, 1.165) is 56.4 Å². The van der Waals surface area contributed by atoms with Crippen LogP contribution < -0.4 is 10.6 Å². The minimum absolute atomic E-state index is 0.151. The van der Waals surface area contributed by atoms with Crippen molar-refractivity contribution in [3.05, 3.63) is 30.1 Å². The van der Waals surface area contributed by atoms with Crippen LogP contribution >= 0.6 is 0 Å². The van der Waals surface area contributed by atoms with Gasteiger partial charge in [-0.05, 0) is 51.9 Å².